The first kappa shape index (κ1) is 13.1. The molecule has 7 nitrogen and oxygen atoms in total. The van der Waals surface area contributed by atoms with Gasteiger partial charge in [-0.3, -0.25) is 14.5 Å². The number of rotatable bonds is 7. The number of carbonyl (C=O) groups is 3. The third-order valence-electron chi connectivity index (χ3n) is 1.38. The molecule has 0 atom stereocenters. The summed E-state index contributed by atoms with van der Waals surface area (Å²) in [7, 11) is 0. The van der Waals surface area contributed by atoms with Crippen molar-refractivity contribution in [2.24, 2.45) is 11.5 Å². The average Bonchev–Trinajstić information content (AvgIpc) is 2.00. The Labute approximate surface area is 86.3 Å². The molecule has 0 aliphatic carbocycles. The highest BCUT2D eigenvalue weighted by Gasteiger charge is 2.09. The Hall–Kier alpha value is -1.89. The maximum absolute atomic E-state index is 10.6. The number of amides is 2. The SMILES string of the molecule is NC(=O)CN(CC=CC(=O)O)CC(N)=O. The lowest BCUT2D eigenvalue weighted by atomic mass is 10.4. The van der Waals surface area contributed by atoms with E-state index in [0.29, 0.717) is 0 Å². The van der Waals surface area contributed by atoms with E-state index in [0.717, 1.165) is 6.08 Å². The smallest absolute Gasteiger partial charge is 0.328 e. The monoisotopic (exact) mass is 215 g/mol. The molecule has 0 saturated heterocycles. The van der Waals surface area contributed by atoms with Crippen LogP contribution < -0.4 is 11.5 Å². The van der Waals surface area contributed by atoms with Crippen LogP contribution in [0.5, 0.6) is 0 Å². The fourth-order valence-electron chi connectivity index (χ4n) is 0.928. The molecule has 84 valence electrons. The van der Waals surface area contributed by atoms with Crippen LogP contribution in [0.2, 0.25) is 0 Å². The van der Waals surface area contributed by atoms with Crippen LogP contribution in [0.25, 0.3) is 0 Å². The number of carboxylic acid groups (broad SMARTS) is 1. The van der Waals surface area contributed by atoms with Crippen molar-refractivity contribution in [3.63, 3.8) is 0 Å². The second kappa shape index (κ2) is 6.55. The van der Waals surface area contributed by atoms with Gasteiger partial charge in [-0.15, -0.1) is 0 Å². The second-order valence-electron chi connectivity index (χ2n) is 2.84. The van der Waals surface area contributed by atoms with E-state index in [1.165, 1.54) is 11.0 Å². The number of carboxylic acids is 1. The van der Waals surface area contributed by atoms with Gasteiger partial charge in [0.25, 0.3) is 0 Å². The van der Waals surface area contributed by atoms with Crippen LogP contribution in [-0.4, -0.2) is 47.4 Å². The van der Waals surface area contributed by atoms with Gasteiger partial charge in [0.15, 0.2) is 0 Å². The predicted molar refractivity (Wildman–Crippen MR) is 51.6 cm³/mol. The Morgan fingerprint density at radius 1 is 1.13 bits per heavy atom. The number of nitrogens with zero attached hydrogens (tertiary/aromatic N) is 1. The highest BCUT2D eigenvalue weighted by molar-refractivity contribution is 5.80. The summed E-state index contributed by atoms with van der Waals surface area (Å²) in [6.07, 6.45) is 2.21. The molecule has 0 spiro atoms. The molecule has 5 N–H and O–H groups in total. The highest BCUT2D eigenvalue weighted by Crippen LogP contribution is 1.88. The van der Waals surface area contributed by atoms with Crippen molar-refractivity contribution in [3.8, 4) is 0 Å². The fourth-order valence-corrected chi connectivity index (χ4v) is 0.928. The number of hydrogen-bond donors (Lipinski definition) is 3. The van der Waals surface area contributed by atoms with Gasteiger partial charge in [-0.2, -0.15) is 0 Å². The Bertz CT molecular complexity index is 272. The number of carbonyl (C=O) groups excluding carboxylic acids is 2. The van der Waals surface area contributed by atoms with E-state index in [9.17, 15) is 14.4 Å². The molecular weight excluding hydrogens is 202 g/mol. The van der Waals surface area contributed by atoms with Gasteiger partial charge in [0.1, 0.15) is 0 Å². The minimum Gasteiger partial charge on any atom is -0.478 e. The van der Waals surface area contributed by atoms with E-state index in [1.54, 1.807) is 0 Å². The zero-order valence-corrected chi connectivity index (χ0v) is 8.05. The average molecular weight is 215 g/mol. The molecule has 0 radical (unpaired) electrons. The summed E-state index contributed by atoms with van der Waals surface area (Å²) < 4.78 is 0. The number of primary amides is 2. The van der Waals surface area contributed by atoms with Crippen LogP contribution in [0.3, 0.4) is 0 Å². The topological polar surface area (TPSA) is 127 Å². The summed E-state index contributed by atoms with van der Waals surface area (Å²) in [6.45, 7) is -0.169. The van der Waals surface area contributed by atoms with Crippen molar-refractivity contribution in [2.75, 3.05) is 19.6 Å². The molecule has 0 saturated carbocycles. The minimum atomic E-state index is -1.10. The van der Waals surface area contributed by atoms with Crippen molar-refractivity contribution >= 4 is 17.8 Å². The van der Waals surface area contributed by atoms with Crippen molar-refractivity contribution in [3.05, 3.63) is 12.2 Å². The molecule has 2 amide bonds. The van der Waals surface area contributed by atoms with Crippen molar-refractivity contribution in [2.45, 2.75) is 0 Å². The summed E-state index contributed by atoms with van der Waals surface area (Å²) in [5, 5.41) is 8.30. The van der Waals surface area contributed by atoms with Crippen LogP contribution in [0, 0.1) is 0 Å². The lowest BCUT2D eigenvalue weighted by molar-refractivity contribution is -0.131. The van der Waals surface area contributed by atoms with Gasteiger partial charge in [0, 0.05) is 12.6 Å². The standard InChI is InChI=1S/C8H13N3O4/c9-6(12)4-11(5-7(10)13)3-1-2-8(14)15/h1-2H,3-5H2,(H2,9,12)(H2,10,13)(H,14,15). The van der Waals surface area contributed by atoms with Crippen LogP contribution >= 0.6 is 0 Å². The molecule has 0 rings (SSSR count). The Morgan fingerprint density at radius 3 is 1.93 bits per heavy atom. The van der Waals surface area contributed by atoms with Gasteiger partial charge in [-0.25, -0.2) is 4.79 Å². The molecule has 0 fully saturated rings. The number of aliphatic carboxylic acids is 1. The maximum Gasteiger partial charge on any atom is 0.328 e. The largest absolute Gasteiger partial charge is 0.478 e. The normalized spacial score (nSPS) is 10.7. The van der Waals surface area contributed by atoms with E-state index >= 15 is 0 Å². The maximum atomic E-state index is 10.6. The predicted octanol–water partition coefficient (Wildman–Crippen LogP) is -2.10. The first-order valence-electron chi connectivity index (χ1n) is 4.10. The first-order valence-corrected chi connectivity index (χ1v) is 4.10. The van der Waals surface area contributed by atoms with E-state index < -0.39 is 17.8 Å². The van der Waals surface area contributed by atoms with E-state index in [-0.39, 0.29) is 19.6 Å². The van der Waals surface area contributed by atoms with Crippen LogP contribution in [0.1, 0.15) is 0 Å². The summed E-state index contributed by atoms with van der Waals surface area (Å²) in [6, 6.07) is 0. The van der Waals surface area contributed by atoms with E-state index in [4.69, 9.17) is 16.6 Å². The molecule has 7 heteroatoms. The molecule has 0 heterocycles. The third kappa shape index (κ3) is 8.44. The molecule has 0 aromatic heterocycles. The van der Waals surface area contributed by atoms with Crippen molar-refractivity contribution in [1.29, 1.82) is 0 Å². The number of hydrogen-bond acceptors (Lipinski definition) is 4. The zero-order valence-electron chi connectivity index (χ0n) is 8.05. The van der Waals surface area contributed by atoms with Gasteiger partial charge in [-0.1, -0.05) is 6.08 Å². The van der Waals surface area contributed by atoms with E-state index in [2.05, 4.69) is 0 Å². The molecule has 15 heavy (non-hydrogen) atoms. The van der Waals surface area contributed by atoms with Crippen LogP contribution in [-0.2, 0) is 14.4 Å². The van der Waals surface area contributed by atoms with Gasteiger partial charge < -0.3 is 16.6 Å². The molecule has 0 aliphatic heterocycles. The van der Waals surface area contributed by atoms with Crippen molar-refractivity contribution in [1.82, 2.24) is 4.90 Å². The number of nitrogens with two attached hydrogens (primary N) is 2. The van der Waals surface area contributed by atoms with Crippen LogP contribution in [0.4, 0.5) is 0 Å². The zero-order chi connectivity index (χ0) is 11.8. The van der Waals surface area contributed by atoms with E-state index in [1.807, 2.05) is 0 Å². The molecular formula is C8H13N3O4. The molecule has 0 aromatic carbocycles. The molecule has 0 unspecified atom stereocenters. The summed E-state index contributed by atoms with van der Waals surface area (Å²) in [5.41, 5.74) is 9.85. The summed E-state index contributed by atoms with van der Waals surface area (Å²) >= 11 is 0. The van der Waals surface area contributed by atoms with Crippen molar-refractivity contribution < 1.29 is 19.5 Å². The van der Waals surface area contributed by atoms with Crippen LogP contribution in [0.15, 0.2) is 12.2 Å². The second-order valence-corrected chi connectivity index (χ2v) is 2.84. The highest BCUT2D eigenvalue weighted by atomic mass is 16.4. The molecule has 0 aliphatic rings. The Balaban J connectivity index is 4.17. The molecule has 0 aromatic rings. The molecule has 0 bridgehead atoms. The first-order chi connectivity index (χ1) is 6.91. The Morgan fingerprint density at radius 2 is 1.60 bits per heavy atom. The van der Waals surface area contributed by atoms with Gasteiger partial charge in [-0.05, 0) is 0 Å². The lowest BCUT2D eigenvalue weighted by Crippen LogP contribution is -2.39. The summed E-state index contributed by atoms with van der Waals surface area (Å²) in [5.74, 6) is -2.33. The Kier molecular flexibility index (Phi) is 5.72. The van der Waals surface area contributed by atoms with Gasteiger partial charge >= 0.3 is 5.97 Å². The third-order valence-corrected chi connectivity index (χ3v) is 1.38. The van der Waals surface area contributed by atoms with Gasteiger partial charge in [0.05, 0.1) is 13.1 Å². The fraction of sp³-hybridized carbons (Fsp3) is 0.375. The lowest BCUT2D eigenvalue weighted by Gasteiger charge is -2.16. The minimum absolute atomic E-state index is 0.123. The quantitative estimate of drug-likeness (QED) is 0.419. The summed E-state index contributed by atoms with van der Waals surface area (Å²) in [4.78, 5) is 32.6. The van der Waals surface area contributed by atoms with Gasteiger partial charge in [0.2, 0.25) is 11.8 Å².